The highest BCUT2D eigenvalue weighted by molar-refractivity contribution is 6.21. The predicted octanol–water partition coefficient (Wildman–Crippen LogP) is 4.26. The Morgan fingerprint density at radius 1 is 0.833 bits per heavy atom. The molecule has 3 aromatic rings. The molecule has 8 heteroatoms. The molecule has 1 heterocycles. The highest BCUT2D eigenvalue weighted by atomic mass is 16.5. The van der Waals surface area contributed by atoms with Crippen molar-refractivity contribution in [1.29, 1.82) is 0 Å². The number of Topliss-reactive ketones (excluding diaryl/α,β-unsaturated/α-hetero) is 1. The number of ketones is 1. The van der Waals surface area contributed by atoms with E-state index >= 15 is 0 Å². The second-order valence-corrected chi connectivity index (χ2v) is 8.32. The number of carbonyl (C=O) groups excluding carboxylic acids is 5. The van der Waals surface area contributed by atoms with Crippen LogP contribution in [0.2, 0.25) is 0 Å². The summed E-state index contributed by atoms with van der Waals surface area (Å²) in [4.78, 5) is 63.3. The van der Waals surface area contributed by atoms with E-state index in [0.29, 0.717) is 17.7 Å². The lowest BCUT2D eigenvalue weighted by Crippen LogP contribution is -2.29. The highest BCUT2D eigenvalue weighted by Gasteiger charge is 2.36. The van der Waals surface area contributed by atoms with Gasteiger partial charge >= 0.3 is 5.97 Å². The van der Waals surface area contributed by atoms with E-state index < -0.39 is 30.2 Å². The van der Waals surface area contributed by atoms with E-state index in [9.17, 15) is 24.0 Å². The molecule has 1 N–H and O–H groups in total. The van der Waals surface area contributed by atoms with Gasteiger partial charge in [0, 0.05) is 17.7 Å². The monoisotopic (exact) mass is 484 g/mol. The summed E-state index contributed by atoms with van der Waals surface area (Å²) in [7, 11) is 0. The van der Waals surface area contributed by atoms with E-state index in [1.807, 2.05) is 37.3 Å². The van der Waals surface area contributed by atoms with E-state index in [1.165, 1.54) is 18.2 Å². The van der Waals surface area contributed by atoms with Crippen LogP contribution in [0.25, 0.3) is 0 Å². The van der Waals surface area contributed by atoms with Crippen LogP contribution >= 0.6 is 0 Å². The maximum absolute atomic E-state index is 12.8. The smallest absolute Gasteiger partial charge is 0.338 e. The van der Waals surface area contributed by atoms with Gasteiger partial charge in [-0.2, -0.15) is 0 Å². The maximum Gasteiger partial charge on any atom is 0.338 e. The Hall–Kier alpha value is -4.59. The van der Waals surface area contributed by atoms with Gasteiger partial charge in [0.1, 0.15) is 0 Å². The van der Waals surface area contributed by atoms with Crippen LogP contribution in [0.5, 0.6) is 0 Å². The third kappa shape index (κ3) is 5.38. The fraction of sp³-hybridized carbons (Fsp3) is 0.179. The molecule has 0 unspecified atom stereocenters. The van der Waals surface area contributed by atoms with E-state index in [1.54, 1.807) is 24.3 Å². The fourth-order valence-corrected chi connectivity index (χ4v) is 3.82. The van der Waals surface area contributed by atoms with Crippen molar-refractivity contribution in [2.45, 2.75) is 26.3 Å². The topological polar surface area (TPSA) is 110 Å². The molecule has 3 amide bonds. The van der Waals surface area contributed by atoms with Crippen LogP contribution in [0.1, 0.15) is 66.8 Å². The summed E-state index contributed by atoms with van der Waals surface area (Å²) in [5.41, 5.74) is 2.11. The molecule has 36 heavy (non-hydrogen) atoms. The van der Waals surface area contributed by atoms with Crippen molar-refractivity contribution >= 4 is 35.2 Å². The highest BCUT2D eigenvalue weighted by Crippen LogP contribution is 2.26. The standard InChI is InChI=1S/C28H24N2O6/c1-2-6-25(32)29-21-12-9-19(10-13-21)24(31)17-36-28(35)20-11-14-22-23(15-20)27(34)30(26(22)33)16-18-7-4-3-5-8-18/h3-5,7-15H,2,6,16-17H2,1H3,(H,29,32). The van der Waals surface area contributed by atoms with Gasteiger partial charge in [-0.3, -0.25) is 24.1 Å². The Labute approximate surface area is 207 Å². The van der Waals surface area contributed by atoms with E-state index in [2.05, 4.69) is 5.32 Å². The third-order valence-corrected chi connectivity index (χ3v) is 5.69. The van der Waals surface area contributed by atoms with E-state index in [4.69, 9.17) is 4.74 Å². The zero-order valence-corrected chi connectivity index (χ0v) is 19.7. The Morgan fingerprint density at radius 3 is 2.19 bits per heavy atom. The minimum Gasteiger partial charge on any atom is -0.454 e. The van der Waals surface area contributed by atoms with Crippen molar-refractivity contribution in [2.24, 2.45) is 0 Å². The van der Waals surface area contributed by atoms with Crippen molar-refractivity contribution < 1.29 is 28.7 Å². The van der Waals surface area contributed by atoms with Gasteiger partial charge in [0.15, 0.2) is 12.4 Å². The predicted molar refractivity (Wildman–Crippen MR) is 132 cm³/mol. The number of benzene rings is 3. The van der Waals surface area contributed by atoms with E-state index in [0.717, 1.165) is 16.9 Å². The first-order valence-electron chi connectivity index (χ1n) is 11.5. The fourth-order valence-electron chi connectivity index (χ4n) is 3.82. The summed E-state index contributed by atoms with van der Waals surface area (Å²) < 4.78 is 5.15. The third-order valence-electron chi connectivity index (χ3n) is 5.69. The first-order chi connectivity index (χ1) is 17.4. The summed E-state index contributed by atoms with van der Waals surface area (Å²) in [5.74, 6) is -2.23. The van der Waals surface area contributed by atoms with Crippen LogP contribution in [0.4, 0.5) is 5.69 Å². The lowest BCUT2D eigenvalue weighted by atomic mass is 10.1. The molecule has 0 bridgehead atoms. The van der Waals surface area contributed by atoms with Gasteiger partial charge in [-0.15, -0.1) is 0 Å². The molecular formula is C28H24N2O6. The van der Waals surface area contributed by atoms with Crippen LogP contribution in [0.15, 0.2) is 72.8 Å². The van der Waals surface area contributed by atoms with Crippen molar-refractivity contribution in [3.05, 3.63) is 101 Å². The van der Waals surface area contributed by atoms with Gasteiger partial charge in [-0.1, -0.05) is 37.3 Å². The molecule has 1 aliphatic rings. The molecule has 0 radical (unpaired) electrons. The molecular weight excluding hydrogens is 460 g/mol. The number of rotatable bonds is 9. The molecule has 0 saturated heterocycles. The summed E-state index contributed by atoms with van der Waals surface area (Å²) in [6, 6.07) is 19.6. The number of esters is 1. The summed E-state index contributed by atoms with van der Waals surface area (Å²) in [6.45, 7) is 1.54. The molecule has 4 rings (SSSR count). The summed E-state index contributed by atoms with van der Waals surface area (Å²) in [6.07, 6.45) is 1.14. The molecule has 0 fully saturated rings. The zero-order valence-electron chi connectivity index (χ0n) is 19.7. The number of carbonyl (C=O) groups is 5. The molecule has 1 aliphatic heterocycles. The number of nitrogens with zero attached hydrogens (tertiary/aromatic N) is 1. The van der Waals surface area contributed by atoms with Crippen molar-refractivity contribution in [3.63, 3.8) is 0 Å². The average Bonchev–Trinajstić information content (AvgIpc) is 3.12. The Morgan fingerprint density at radius 2 is 1.50 bits per heavy atom. The van der Waals surface area contributed by atoms with Gasteiger partial charge < -0.3 is 10.1 Å². The van der Waals surface area contributed by atoms with E-state index in [-0.39, 0.29) is 29.1 Å². The van der Waals surface area contributed by atoms with Crippen molar-refractivity contribution in [1.82, 2.24) is 4.90 Å². The Kier molecular flexibility index (Phi) is 7.34. The number of ether oxygens (including phenoxy) is 1. The number of hydrogen-bond donors (Lipinski definition) is 1. The average molecular weight is 485 g/mol. The molecule has 3 aromatic carbocycles. The normalized spacial score (nSPS) is 12.3. The van der Waals surface area contributed by atoms with Gasteiger partial charge in [0.2, 0.25) is 5.91 Å². The molecule has 0 atom stereocenters. The molecule has 0 spiro atoms. The van der Waals surface area contributed by atoms with Crippen molar-refractivity contribution in [3.8, 4) is 0 Å². The molecule has 0 aliphatic carbocycles. The van der Waals surface area contributed by atoms with Crippen LogP contribution in [0.3, 0.4) is 0 Å². The molecule has 182 valence electrons. The van der Waals surface area contributed by atoms with Gasteiger partial charge in [0.05, 0.1) is 23.2 Å². The number of fused-ring (bicyclic) bond motifs is 1. The van der Waals surface area contributed by atoms with Gasteiger partial charge in [-0.05, 0) is 54.4 Å². The number of anilines is 1. The minimum absolute atomic E-state index is 0.0678. The first kappa shape index (κ1) is 24.5. The number of amides is 3. The lowest BCUT2D eigenvalue weighted by molar-refractivity contribution is -0.116. The number of hydrogen-bond acceptors (Lipinski definition) is 6. The SMILES string of the molecule is CCCC(=O)Nc1ccc(C(=O)COC(=O)c2ccc3c(c2)C(=O)N(Cc2ccccc2)C3=O)cc1. The number of nitrogens with one attached hydrogen (secondary N) is 1. The summed E-state index contributed by atoms with van der Waals surface area (Å²) in [5, 5.41) is 2.73. The maximum atomic E-state index is 12.8. The zero-order chi connectivity index (χ0) is 25.7. The Balaban J connectivity index is 1.37. The van der Waals surface area contributed by atoms with Gasteiger partial charge in [0.25, 0.3) is 11.8 Å². The molecule has 8 nitrogen and oxygen atoms in total. The number of imide groups is 1. The second-order valence-electron chi connectivity index (χ2n) is 8.32. The minimum atomic E-state index is -0.781. The van der Waals surface area contributed by atoms with Crippen LogP contribution in [-0.2, 0) is 16.1 Å². The summed E-state index contributed by atoms with van der Waals surface area (Å²) >= 11 is 0. The van der Waals surface area contributed by atoms with Crippen molar-refractivity contribution in [2.75, 3.05) is 11.9 Å². The van der Waals surface area contributed by atoms with Crippen LogP contribution < -0.4 is 5.32 Å². The van der Waals surface area contributed by atoms with Crippen LogP contribution in [0, 0.1) is 0 Å². The van der Waals surface area contributed by atoms with Gasteiger partial charge in [-0.25, -0.2) is 4.79 Å². The Bertz CT molecular complexity index is 1330. The quantitative estimate of drug-likeness (QED) is 0.276. The first-order valence-corrected chi connectivity index (χ1v) is 11.5. The van der Waals surface area contributed by atoms with Crippen LogP contribution in [-0.4, -0.2) is 41.0 Å². The lowest BCUT2D eigenvalue weighted by Gasteiger charge is -2.13. The molecule has 0 saturated carbocycles. The second kappa shape index (κ2) is 10.8. The molecule has 0 aromatic heterocycles. The largest absolute Gasteiger partial charge is 0.454 e.